The monoisotopic (exact) mass is 316 g/mol. The first-order valence-electron chi connectivity index (χ1n) is 8.52. The van der Waals surface area contributed by atoms with Crippen LogP contribution in [0.15, 0.2) is 18.2 Å². The topological polar surface area (TPSA) is 78.4 Å². The van der Waals surface area contributed by atoms with E-state index >= 15 is 0 Å². The van der Waals surface area contributed by atoms with Gasteiger partial charge in [0, 0.05) is 18.2 Å². The van der Waals surface area contributed by atoms with Crippen molar-refractivity contribution in [1.82, 2.24) is 5.32 Å². The summed E-state index contributed by atoms with van der Waals surface area (Å²) in [6.45, 7) is 0.359. The van der Waals surface area contributed by atoms with E-state index in [-0.39, 0.29) is 12.0 Å². The molecule has 0 heterocycles. The predicted octanol–water partition coefficient (Wildman–Crippen LogP) is 1.78. The van der Waals surface area contributed by atoms with Crippen molar-refractivity contribution in [2.75, 3.05) is 11.9 Å². The van der Waals surface area contributed by atoms with Crippen LogP contribution in [0.25, 0.3) is 0 Å². The van der Waals surface area contributed by atoms with Crippen molar-refractivity contribution in [2.24, 2.45) is 5.92 Å². The van der Waals surface area contributed by atoms with Crippen molar-refractivity contribution in [2.45, 2.75) is 51.0 Å². The minimum absolute atomic E-state index is 0.0560. The van der Waals surface area contributed by atoms with Crippen LogP contribution in [0.1, 0.15) is 43.2 Å². The van der Waals surface area contributed by atoms with Gasteiger partial charge in [-0.15, -0.1) is 0 Å². The van der Waals surface area contributed by atoms with Crippen molar-refractivity contribution in [3.05, 3.63) is 29.3 Å². The number of carbonyl (C=O) groups is 2. The number of aliphatic hydroxyl groups is 1. The van der Waals surface area contributed by atoms with Crippen LogP contribution in [-0.2, 0) is 22.4 Å². The summed E-state index contributed by atoms with van der Waals surface area (Å²) in [5, 5.41) is 15.2. The molecule has 0 saturated heterocycles. The molecule has 2 atom stereocenters. The predicted molar refractivity (Wildman–Crippen MR) is 88.1 cm³/mol. The van der Waals surface area contributed by atoms with Gasteiger partial charge in [0.1, 0.15) is 0 Å². The maximum Gasteiger partial charge on any atom is 0.313 e. The van der Waals surface area contributed by atoms with Gasteiger partial charge in [-0.3, -0.25) is 9.59 Å². The highest BCUT2D eigenvalue weighted by atomic mass is 16.3. The fraction of sp³-hybridized carbons (Fsp3) is 0.556. The molecule has 1 saturated carbocycles. The van der Waals surface area contributed by atoms with Crippen LogP contribution in [0.4, 0.5) is 5.69 Å². The number of nitrogens with one attached hydrogen (secondary N) is 2. The number of anilines is 1. The highest BCUT2D eigenvalue weighted by Crippen LogP contribution is 2.25. The highest BCUT2D eigenvalue weighted by molar-refractivity contribution is 6.39. The Bertz CT molecular complexity index is 600. The summed E-state index contributed by atoms with van der Waals surface area (Å²) >= 11 is 0. The van der Waals surface area contributed by atoms with Crippen LogP contribution >= 0.6 is 0 Å². The zero-order valence-corrected chi connectivity index (χ0v) is 13.3. The molecule has 2 aliphatic carbocycles. The first-order valence-corrected chi connectivity index (χ1v) is 8.52. The SMILES string of the molecule is O=C(NC[C@@H]1CCCC[C@@H]1O)C(=O)Nc1ccc2c(c1)CCC2. The van der Waals surface area contributed by atoms with E-state index in [0.717, 1.165) is 44.9 Å². The molecule has 5 nitrogen and oxygen atoms in total. The van der Waals surface area contributed by atoms with Gasteiger partial charge in [-0.25, -0.2) is 0 Å². The minimum Gasteiger partial charge on any atom is -0.393 e. The largest absolute Gasteiger partial charge is 0.393 e. The van der Waals surface area contributed by atoms with Crippen molar-refractivity contribution in [3.63, 3.8) is 0 Å². The second kappa shape index (κ2) is 7.13. The Balaban J connectivity index is 1.50. The maximum atomic E-state index is 12.0. The number of hydrogen-bond donors (Lipinski definition) is 3. The molecule has 0 spiro atoms. The maximum absolute atomic E-state index is 12.0. The summed E-state index contributed by atoms with van der Waals surface area (Å²) in [6, 6.07) is 5.83. The number of benzene rings is 1. The van der Waals surface area contributed by atoms with E-state index in [1.807, 2.05) is 18.2 Å². The van der Waals surface area contributed by atoms with E-state index < -0.39 is 11.8 Å². The number of amides is 2. The molecule has 23 heavy (non-hydrogen) atoms. The fourth-order valence-electron chi connectivity index (χ4n) is 3.57. The Morgan fingerprint density at radius 2 is 1.83 bits per heavy atom. The molecule has 5 heteroatoms. The lowest BCUT2D eigenvalue weighted by Crippen LogP contribution is -2.41. The van der Waals surface area contributed by atoms with E-state index in [0.29, 0.717) is 12.2 Å². The summed E-state index contributed by atoms with van der Waals surface area (Å²) < 4.78 is 0. The average molecular weight is 316 g/mol. The quantitative estimate of drug-likeness (QED) is 0.744. The van der Waals surface area contributed by atoms with Gasteiger partial charge in [0.25, 0.3) is 0 Å². The molecule has 1 fully saturated rings. The van der Waals surface area contributed by atoms with Crippen LogP contribution in [0.5, 0.6) is 0 Å². The molecule has 0 radical (unpaired) electrons. The van der Waals surface area contributed by atoms with E-state index in [1.54, 1.807) is 0 Å². The molecule has 0 aromatic heterocycles. The van der Waals surface area contributed by atoms with Crippen molar-refractivity contribution >= 4 is 17.5 Å². The number of rotatable bonds is 3. The van der Waals surface area contributed by atoms with Crippen LogP contribution in [0.2, 0.25) is 0 Å². The van der Waals surface area contributed by atoms with Gasteiger partial charge in [0.2, 0.25) is 0 Å². The first-order chi connectivity index (χ1) is 11.1. The van der Waals surface area contributed by atoms with E-state index in [9.17, 15) is 14.7 Å². The third kappa shape index (κ3) is 3.91. The molecule has 124 valence electrons. The number of fused-ring (bicyclic) bond motifs is 1. The van der Waals surface area contributed by atoms with Gasteiger partial charge >= 0.3 is 11.8 Å². The summed E-state index contributed by atoms with van der Waals surface area (Å²) in [7, 11) is 0. The van der Waals surface area contributed by atoms with Gasteiger partial charge in [-0.1, -0.05) is 18.9 Å². The molecule has 0 aliphatic heterocycles. The lowest BCUT2D eigenvalue weighted by Gasteiger charge is -2.27. The van der Waals surface area contributed by atoms with Crippen LogP contribution in [-0.4, -0.2) is 29.6 Å². The summed E-state index contributed by atoms with van der Waals surface area (Å²) in [5.41, 5.74) is 3.26. The Morgan fingerprint density at radius 1 is 1.04 bits per heavy atom. The molecule has 2 aliphatic rings. The second-order valence-electron chi connectivity index (χ2n) is 6.61. The van der Waals surface area contributed by atoms with E-state index in [2.05, 4.69) is 10.6 Å². The average Bonchev–Trinajstić information content (AvgIpc) is 3.01. The van der Waals surface area contributed by atoms with Crippen molar-refractivity contribution < 1.29 is 14.7 Å². The number of aliphatic hydroxyl groups excluding tert-OH is 1. The zero-order valence-electron chi connectivity index (χ0n) is 13.3. The summed E-state index contributed by atoms with van der Waals surface area (Å²) in [4.78, 5) is 23.9. The van der Waals surface area contributed by atoms with Gasteiger partial charge in [0.15, 0.2) is 0 Å². The van der Waals surface area contributed by atoms with Crippen molar-refractivity contribution in [3.8, 4) is 0 Å². The first kappa shape index (κ1) is 16.0. The zero-order chi connectivity index (χ0) is 16.2. The minimum atomic E-state index is -0.645. The van der Waals surface area contributed by atoms with Crippen molar-refractivity contribution in [1.29, 1.82) is 0 Å². The molecular weight excluding hydrogens is 292 g/mol. The van der Waals surface area contributed by atoms with E-state index in [4.69, 9.17) is 0 Å². The molecule has 2 amide bonds. The summed E-state index contributed by atoms with van der Waals surface area (Å²) in [5.74, 6) is -1.22. The van der Waals surface area contributed by atoms with Crippen LogP contribution in [0, 0.1) is 5.92 Å². The Hall–Kier alpha value is -1.88. The van der Waals surface area contributed by atoms with Gasteiger partial charge in [-0.05, 0) is 55.4 Å². The lowest BCUT2D eigenvalue weighted by molar-refractivity contribution is -0.136. The van der Waals surface area contributed by atoms with Gasteiger partial charge in [0.05, 0.1) is 6.10 Å². The lowest BCUT2D eigenvalue weighted by atomic mass is 9.86. The Morgan fingerprint density at radius 3 is 2.65 bits per heavy atom. The molecule has 0 bridgehead atoms. The smallest absolute Gasteiger partial charge is 0.313 e. The van der Waals surface area contributed by atoms with E-state index in [1.165, 1.54) is 11.1 Å². The molecule has 3 N–H and O–H groups in total. The van der Waals surface area contributed by atoms with Gasteiger partial charge < -0.3 is 15.7 Å². The third-order valence-electron chi connectivity index (χ3n) is 4.96. The molecular formula is C18H24N2O3. The molecule has 3 rings (SSSR count). The normalized spacial score (nSPS) is 23.2. The fourth-order valence-corrected chi connectivity index (χ4v) is 3.57. The van der Waals surface area contributed by atoms with Gasteiger partial charge in [-0.2, -0.15) is 0 Å². The van der Waals surface area contributed by atoms with Crippen LogP contribution < -0.4 is 10.6 Å². The molecule has 1 aromatic carbocycles. The standard InChI is InChI=1S/C18H24N2O3/c21-16-7-2-1-4-14(16)11-19-17(22)18(23)20-15-9-8-12-5-3-6-13(12)10-15/h8-10,14,16,21H,1-7,11H2,(H,19,22)(H,20,23)/t14-,16-/m0/s1. The Kier molecular flexibility index (Phi) is 4.96. The third-order valence-corrected chi connectivity index (χ3v) is 4.96. The second-order valence-corrected chi connectivity index (χ2v) is 6.61. The number of carbonyl (C=O) groups excluding carboxylic acids is 2. The highest BCUT2D eigenvalue weighted by Gasteiger charge is 2.24. The number of hydrogen-bond acceptors (Lipinski definition) is 3. The summed E-state index contributed by atoms with van der Waals surface area (Å²) in [6.07, 6.45) is 6.68. The number of aryl methyl sites for hydroxylation is 2. The molecule has 0 unspecified atom stereocenters. The Labute approximate surface area is 136 Å². The molecule has 1 aromatic rings. The van der Waals surface area contributed by atoms with Crippen LogP contribution in [0.3, 0.4) is 0 Å².